The lowest BCUT2D eigenvalue weighted by molar-refractivity contribution is -0.155. The normalized spacial score (nSPS) is 17.2. The zero-order chi connectivity index (χ0) is 23.3. The van der Waals surface area contributed by atoms with Crippen LogP contribution in [0.1, 0.15) is 50.0 Å². The smallest absolute Gasteiger partial charge is 0.307 e. The molecule has 0 bridgehead atoms. The highest BCUT2D eigenvalue weighted by Crippen LogP contribution is 2.29. The fourth-order valence-electron chi connectivity index (χ4n) is 3.65. The number of hydrogen-bond donors (Lipinski definition) is 0. The first-order valence-electron chi connectivity index (χ1n) is 10.8. The van der Waals surface area contributed by atoms with E-state index in [1.165, 1.54) is 0 Å². The van der Waals surface area contributed by atoms with Crippen LogP contribution in [0.2, 0.25) is 10.0 Å². The quantitative estimate of drug-likeness (QED) is 0.456. The Balaban J connectivity index is 1.56. The van der Waals surface area contributed by atoms with Crippen molar-refractivity contribution in [2.75, 3.05) is 26.2 Å². The predicted octanol–water partition coefficient (Wildman–Crippen LogP) is 5.99. The molecule has 3 rings (SSSR count). The Morgan fingerprint density at radius 2 is 1.97 bits per heavy atom. The number of morpholine rings is 1. The van der Waals surface area contributed by atoms with Gasteiger partial charge in [0.15, 0.2) is 0 Å². The topological polar surface area (TPSA) is 48.0 Å². The van der Waals surface area contributed by atoms with Gasteiger partial charge in [0.2, 0.25) is 0 Å². The zero-order valence-electron chi connectivity index (χ0n) is 19.1. The van der Waals surface area contributed by atoms with Gasteiger partial charge in [-0.05, 0) is 69.2 Å². The number of carbonyl (C=O) groups is 1. The maximum Gasteiger partial charge on any atom is 0.307 e. The van der Waals surface area contributed by atoms with E-state index >= 15 is 0 Å². The number of rotatable bonds is 7. The van der Waals surface area contributed by atoms with E-state index in [1.807, 2.05) is 45.0 Å². The number of nitrogens with zero attached hydrogens (tertiary/aromatic N) is 1. The molecular formula is C25H31Cl2NO4. The molecule has 32 heavy (non-hydrogen) atoms. The van der Waals surface area contributed by atoms with E-state index in [4.69, 9.17) is 37.4 Å². The number of halogens is 2. The monoisotopic (exact) mass is 479 g/mol. The minimum absolute atomic E-state index is 0.0428. The molecule has 174 valence electrons. The summed E-state index contributed by atoms with van der Waals surface area (Å²) in [6.07, 6.45) is 0.334. The van der Waals surface area contributed by atoms with Crippen molar-refractivity contribution in [2.24, 2.45) is 0 Å². The van der Waals surface area contributed by atoms with Crippen LogP contribution in [-0.4, -0.2) is 42.7 Å². The SMILES string of the molecule is Cc1cc(OCc2cc(Cl)ccc2Cl)ccc1C1CN(CCC(=O)OC(C)(C)C)CCO1. The van der Waals surface area contributed by atoms with Gasteiger partial charge in [0.1, 0.15) is 18.0 Å². The van der Waals surface area contributed by atoms with E-state index < -0.39 is 5.60 Å². The molecule has 5 nitrogen and oxygen atoms in total. The van der Waals surface area contributed by atoms with Crippen LogP contribution in [0, 0.1) is 6.92 Å². The largest absolute Gasteiger partial charge is 0.489 e. The van der Waals surface area contributed by atoms with Crippen molar-refractivity contribution in [3.05, 3.63) is 63.1 Å². The van der Waals surface area contributed by atoms with Gasteiger partial charge >= 0.3 is 5.97 Å². The van der Waals surface area contributed by atoms with Crippen molar-refractivity contribution in [1.82, 2.24) is 4.90 Å². The average Bonchev–Trinajstić information content (AvgIpc) is 2.72. The van der Waals surface area contributed by atoms with Crippen LogP contribution in [0.25, 0.3) is 0 Å². The number of esters is 1. The minimum atomic E-state index is -0.455. The van der Waals surface area contributed by atoms with E-state index in [0.717, 1.165) is 35.5 Å². The van der Waals surface area contributed by atoms with Crippen LogP contribution in [0.15, 0.2) is 36.4 Å². The van der Waals surface area contributed by atoms with E-state index in [1.54, 1.807) is 12.1 Å². The standard InChI is InChI=1S/C25H31Cl2NO4/c1-17-13-20(31-16-18-14-19(26)5-8-22(18)27)6-7-21(17)23-15-28(11-12-30-23)10-9-24(29)32-25(2,3)4/h5-8,13-14,23H,9-12,15-16H2,1-4H3. The summed E-state index contributed by atoms with van der Waals surface area (Å²) in [5.74, 6) is 0.595. The highest BCUT2D eigenvalue weighted by atomic mass is 35.5. The third-order valence-electron chi connectivity index (χ3n) is 5.19. The van der Waals surface area contributed by atoms with Crippen LogP contribution >= 0.6 is 23.2 Å². The Kier molecular flexibility index (Phi) is 8.45. The molecule has 0 N–H and O–H groups in total. The summed E-state index contributed by atoms with van der Waals surface area (Å²) in [7, 11) is 0. The van der Waals surface area contributed by atoms with Gasteiger partial charge in [-0.25, -0.2) is 0 Å². The van der Waals surface area contributed by atoms with Crippen LogP contribution in [0.5, 0.6) is 5.75 Å². The van der Waals surface area contributed by atoms with Crippen molar-refractivity contribution in [3.8, 4) is 5.75 Å². The first kappa shape index (κ1) is 24.8. The second kappa shape index (κ2) is 10.9. The van der Waals surface area contributed by atoms with E-state index in [9.17, 15) is 4.79 Å². The molecule has 0 aromatic heterocycles. The molecule has 1 aliphatic heterocycles. The molecule has 1 heterocycles. The van der Waals surface area contributed by atoms with Gasteiger partial charge in [-0.3, -0.25) is 9.69 Å². The summed E-state index contributed by atoms with van der Waals surface area (Å²) in [5.41, 5.74) is 2.61. The molecule has 0 amide bonds. The Morgan fingerprint density at radius 3 is 2.69 bits per heavy atom. The van der Waals surface area contributed by atoms with Crippen molar-refractivity contribution in [1.29, 1.82) is 0 Å². The summed E-state index contributed by atoms with van der Waals surface area (Å²) >= 11 is 12.3. The zero-order valence-corrected chi connectivity index (χ0v) is 20.6. The maximum atomic E-state index is 12.0. The van der Waals surface area contributed by atoms with Gasteiger partial charge in [0.25, 0.3) is 0 Å². The molecule has 2 aromatic carbocycles. The first-order valence-corrected chi connectivity index (χ1v) is 11.6. The number of carbonyl (C=O) groups excluding carboxylic acids is 1. The Bertz CT molecular complexity index is 942. The van der Waals surface area contributed by atoms with Crippen LogP contribution in [0.3, 0.4) is 0 Å². The summed E-state index contributed by atoms with van der Waals surface area (Å²) in [6.45, 7) is 10.9. The Labute approximate surface area is 200 Å². The number of hydrogen-bond acceptors (Lipinski definition) is 5. The average molecular weight is 480 g/mol. The minimum Gasteiger partial charge on any atom is -0.489 e. The van der Waals surface area contributed by atoms with E-state index in [-0.39, 0.29) is 12.1 Å². The summed E-state index contributed by atoms with van der Waals surface area (Å²) in [4.78, 5) is 14.3. The summed E-state index contributed by atoms with van der Waals surface area (Å²) in [6, 6.07) is 11.3. The van der Waals surface area contributed by atoms with Crippen molar-refractivity contribution >= 4 is 29.2 Å². The second-order valence-electron chi connectivity index (χ2n) is 9.04. The third kappa shape index (κ3) is 7.38. The molecule has 2 aromatic rings. The molecule has 0 aliphatic carbocycles. The van der Waals surface area contributed by atoms with Gasteiger partial charge in [0.05, 0.1) is 19.1 Å². The van der Waals surface area contributed by atoms with E-state index in [0.29, 0.717) is 36.2 Å². The lowest BCUT2D eigenvalue weighted by Gasteiger charge is -2.33. The molecule has 0 radical (unpaired) electrons. The summed E-state index contributed by atoms with van der Waals surface area (Å²) in [5, 5.41) is 1.26. The van der Waals surface area contributed by atoms with Gasteiger partial charge < -0.3 is 14.2 Å². The molecule has 1 fully saturated rings. The van der Waals surface area contributed by atoms with E-state index in [2.05, 4.69) is 11.8 Å². The molecular weight excluding hydrogens is 449 g/mol. The lowest BCUT2D eigenvalue weighted by atomic mass is 10.0. The molecule has 0 saturated carbocycles. The predicted molar refractivity (Wildman–Crippen MR) is 128 cm³/mol. The number of benzene rings is 2. The first-order chi connectivity index (χ1) is 15.1. The fourth-order valence-corrected chi connectivity index (χ4v) is 4.02. The van der Waals surface area contributed by atoms with Crippen LogP contribution < -0.4 is 4.74 Å². The highest BCUT2D eigenvalue weighted by Gasteiger charge is 2.24. The van der Waals surface area contributed by atoms with Gasteiger partial charge in [0, 0.05) is 35.2 Å². The molecule has 1 saturated heterocycles. The fraction of sp³-hybridized carbons (Fsp3) is 0.480. The molecule has 1 aliphatic rings. The number of aryl methyl sites for hydroxylation is 1. The Hall–Kier alpha value is -1.79. The molecule has 1 unspecified atom stereocenters. The highest BCUT2D eigenvalue weighted by molar-refractivity contribution is 6.33. The molecule has 1 atom stereocenters. The summed E-state index contributed by atoms with van der Waals surface area (Å²) < 4.78 is 17.4. The third-order valence-corrected chi connectivity index (χ3v) is 5.80. The van der Waals surface area contributed by atoms with Crippen LogP contribution in [0.4, 0.5) is 0 Å². The van der Waals surface area contributed by atoms with Crippen LogP contribution in [-0.2, 0) is 20.9 Å². The van der Waals surface area contributed by atoms with Crippen molar-refractivity contribution in [3.63, 3.8) is 0 Å². The second-order valence-corrected chi connectivity index (χ2v) is 9.88. The molecule has 0 spiro atoms. The maximum absolute atomic E-state index is 12.0. The van der Waals surface area contributed by atoms with Crippen molar-refractivity contribution < 1.29 is 19.0 Å². The lowest BCUT2D eigenvalue weighted by Crippen LogP contribution is -2.40. The van der Waals surface area contributed by atoms with Gasteiger partial charge in [-0.1, -0.05) is 29.3 Å². The van der Waals surface area contributed by atoms with Gasteiger partial charge in [-0.2, -0.15) is 0 Å². The Morgan fingerprint density at radius 1 is 1.19 bits per heavy atom. The molecule has 7 heteroatoms. The van der Waals surface area contributed by atoms with Crippen molar-refractivity contribution in [2.45, 2.75) is 52.4 Å². The number of ether oxygens (including phenoxy) is 3. The van der Waals surface area contributed by atoms with Gasteiger partial charge in [-0.15, -0.1) is 0 Å².